The second kappa shape index (κ2) is 6.23. The lowest BCUT2D eigenvalue weighted by atomic mass is 9.99. The fraction of sp³-hybridized carbons (Fsp3) is 0.143. The Bertz CT molecular complexity index is 584. The molecule has 2 aromatic carbocycles. The third-order valence-electron chi connectivity index (χ3n) is 2.83. The summed E-state index contributed by atoms with van der Waals surface area (Å²) in [5.41, 5.74) is 7.77. The summed E-state index contributed by atoms with van der Waals surface area (Å²) < 4.78 is 13.7. The molecule has 2 aromatic rings. The van der Waals surface area contributed by atoms with E-state index in [0.717, 1.165) is 5.56 Å². The molecule has 0 amide bonds. The monoisotopic (exact) mass is 361 g/mol. The highest BCUT2D eigenvalue weighted by atomic mass is 79.9. The van der Waals surface area contributed by atoms with E-state index in [1.165, 1.54) is 12.1 Å². The van der Waals surface area contributed by atoms with E-state index in [4.69, 9.17) is 28.9 Å². The molecule has 100 valence electrons. The van der Waals surface area contributed by atoms with Crippen molar-refractivity contribution in [3.63, 3.8) is 0 Å². The van der Waals surface area contributed by atoms with Crippen molar-refractivity contribution in [2.75, 3.05) is 0 Å². The predicted octanol–water partition coefficient (Wildman–Crippen LogP) is 5.14. The normalized spacial score (nSPS) is 12.5. The standard InChI is InChI=1S/C14H11BrCl2FN/c15-10-7-9(18)5-4-8(10)6-13(19)14-11(16)2-1-3-12(14)17/h1-5,7,13H,6,19H2. The molecule has 0 aliphatic rings. The van der Waals surface area contributed by atoms with Crippen molar-refractivity contribution in [2.45, 2.75) is 12.5 Å². The van der Waals surface area contributed by atoms with Gasteiger partial charge in [-0.05, 0) is 36.2 Å². The molecule has 0 aliphatic carbocycles. The van der Waals surface area contributed by atoms with Crippen molar-refractivity contribution >= 4 is 39.1 Å². The van der Waals surface area contributed by atoms with Crippen molar-refractivity contribution in [1.29, 1.82) is 0 Å². The maximum absolute atomic E-state index is 13.0. The molecule has 0 saturated carbocycles. The van der Waals surface area contributed by atoms with Crippen molar-refractivity contribution < 1.29 is 4.39 Å². The van der Waals surface area contributed by atoms with Crippen LogP contribution in [0, 0.1) is 5.82 Å². The Balaban J connectivity index is 2.28. The zero-order valence-corrected chi connectivity index (χ0v) is 12.9. The summed E-state index contributed by atoms with van der Waals surface area (Å²) in [7, 11) is 0. The van der Waals surface area contributed by atoms with Crippen LogP contribution >= 0.6 is 39.1 Å². The number of nitrogens with two attached hydrogens (primary N) is 1. The molecule has 0 heterocycles. The van der Waals surface area contributed by atoms with Crippen LogP contribution in [-0.4, -0.2) is 0 Å². The van der Waals surface area contributed by atoms with Gasteiger partial charge >= 0.3 is 0 Å². The van der Waals surface area contributed by atoms with Crippen LogP contribution in [0.15, 0.2) is 40.9 Å². The van der Waals surface area contributed by atoms with Gasteiger partial charge in [0.05, 0.1) is 0 Å². The summed E-state index contributed by atoms with van der Waals surface area (Å²) in [6.45, 7) is 0. The minimum atomic E-state index is -0.344. The fourth-order valence-corrected chi connectivity index (χ4v) is 3.08. The van der Waals surface area contributed by atoms with Crippen molar-refractivity contribution in [3.8, 4) is 0 Å². The lowest BCUT2D eigenvalue weighted by Gasteiger charge is -2.16. The fourth-order valence-electron chi connectivity index (χ4n) is 1.89. The van der Waals surface area contributed by atoms with Crippen LogP contribution in [0.25, 0.3) is 0 Å². The Labute approximate surface area is 129 Å². The second-order valence-corrected chi connectivity index (χ2v) is 5.85. The molecule has 2 rings (SSSR count). The Morgan fingerprint density at radius 3 is 2.37 bits per heavy atom. The van der Waals surface area contributed by atoms with Crippen LogP contribution < -0.4 is 5.73 Å². The summed E-state index contributed by atoms with van der Waals surface area (Å²) >= 11 is 15.6. The summed E-state index contributed by atoms with van der Waals surface area (Å²) in [6, 6.07) is 9.45. The maximum Gasteiger partial charge on any atom is 0.124 e. The summed E-state index contributed by atoms with van der Waals surface area (Å²) in [4.78, 5) is 0. The second-order valence-electron chi connectivity index (χ2n) is 4.18. The largest absolute Gasteiger partial charge is 0.324 e. The highest BCUT2D eigenvalue weighted by Gasteiger charge is 2.16. The Hall–Kier alpha value is -0.610. The number of benzene rings is 2. The Morgan fingerprint density at radius 2 is 1.79 bits per heavy atom. The van der Waals surface area contributed by atoms with E-state index in [1.54, 1.807) is 24.3 Å². The van der Waals surface area contributed by atoms with E-state index < -0.39 is 0 Å². The molecule has 0 bridgehead atoms. The van der Waals surface area contributed by atoms with Crippen LogP contribution in [0.1, 0.15) is 17.2 Å². The van der Waals surface area contributed by atoms with Crippen LogP contribution in [0.5, 0.6) is 0 Å². The van der Waals surface area contributed by atoms with E-state index in [9.17, 15) is 4.39 Å². The zero-order chi connectivity index (χ0) is 14.0. The Morgan fingerprint density at radius 1 is 1.16 bits per heavy atom. The van der Waals surface area contributed by atoms with Gasteiger partial charge in [0, 0.05) is 26.1 Å². The first kappa shape index (κ1) is 14.8. The van der Waals surface area contributed by atoms with Crippen LogP contribution in [-0.2, 0) is 6.42 Å². The molecule has 5 heteroatoms. The number of rotatable bonds is 3. The van der Waals surface area contributed by atoms with E-state index in [0.29, 0.717) is 26.5 Å². The van der Waals surface area contributed by atoms with E-state index in [2.05, 4.69) is 15.9 Å². The topological polar surface area (TPSA) is 26.0 Å². The molecular formula is C14H11BrCl2FN. The van der Waals surface area contributed by atoms with Gasteiger partial charge in [0.2, 0.25) is 0 Å². The van der Waals surface area contributed by atoms with E-state index in [1.807, 2.05) is 0 Å². The SMILES string of the molecule is NC(Cc1ccc(F)cc1Br)c1c(Cl)cccc1Cl. The van der Waals surface area contributed by atoms with Gasteiger partial charge in [0.25, 0.3) is 0 Å². The van der Waals surface area contributed by atoms with Gasteiger partial charge in [-0.2, -0.15) is 0 Å². The molecule has 0 spiro atoms. The van der Waals surface area contributed by atoms with Crippen LogP contribution in [0.2, 0.25) is 10.0 Å². The average Bonchev–Trinajstić information content (AvgIpc) is 2.32. The molecule has 2 N–H and O–H groups in total. The third kappa shape index (κ3) is 3.48. The minimum Gasteiger partial charge on any atom is -0.324 e. The molecule has 1 nitrogen and oxygen atoms in total. The molecule has 1 unspecified atom stereocenters. The molecular weight excluding hydrogens is 352 g/mol. The summed E-state index contributed by atoms with van der Waals surface area (Å²) in [5.74, 6) is -0.292. The van der Waals surface area contributed by atoms with Crippen molar-refractivity contribution in [3.05, 3.63) is 67.9 Å². The molecule has 0 aliphatic heterocycles. The van der Waals surface area contributed by atoms with Gasteiger partial charge < -0.3 is 5.73 Å². The zero-order valence-electron chi connectivity index (χ0n) is 9.84. The van der Waals surface area contributed by atoms with Gasteiger partial charge in [0.1, 0.15) is 5.82 Å². The lowest BCUT2D eigenvalue weighted by Crippen LogP contribution is -2.14. The highest BCUT2D eigenvalue weighted by molar-refractivity contribution is 9.10. The van der Waals surface area contributed by atoms with Crippen LogP contribution in [0.4, 0.5) is 4.39 Å². The minimum absolute atomic E-state index is 0.292. The van der Waals surface area contributed by atoms with E-state index in [-0.39, 0.29) is 11.9 Å². The lowest BCUT2D eigenvalue weighted by molar-refractivity contribution is 0.624. The predicted molar refractivity (Wildman–Crippen MR) is 81.2 cm³/mol. The van der Waals surface area contributed by atoms with Gasteiger partial charge in [-0.3, -0.25) is 0 Å². The molecule has 0 saturated heterocycles. The first-order valence-corrected chi connectivity index (χ1v) is 7.17. The highest BCUT2D eigenvalue weighted by Crippen LogP contribution is 2.32. The van der Waals surface area contributed by atoms with Gasteiger partial charge in [-0.1, -0.05) is 51.3 Å². The number of hydrogen-bond acceptors (Lipinski definition) is 1. The number of halogens is 4. The molecule has 0 fully saturated rings. The molecule has 0 radical (unpaired) electrons. The number of hydrogen-bond donors (Lipinski definition) is 1. The quantitative estimate of drug-likeness (QED) is 0.803. The van der Waals surface area contributed by atoms with Crippen LogP contribution in [0.3, 0.4) is 0 Å². The van der Waals surface area contributed by atoms with E-state index >= 15 is 0 Å². The first-order valence-electron chi connectivity index (χ1n) is 5.62. The van der Waals surface area contributed by atoms with Crippen molar-refractivity contribution in [2.24, 2.45) is 5.73 Å². The summed E-state index contributed by atoms with van der Waals surface area (Å²) in [5, 5.41) is 1.08. The summed E-state index contributed by atoms with van der Waals surface area (Å²) in [6.07, 6.45) is 0.518. The Kier molecular flexibility index (Phi) is 4.85. The van der Waals surface area contributed by atoms with Gasteiger partial charge in [-0.25, -0.2) is 4.39 Å². The van der Waals surface area contributed by atoms with Gasteiger partial charge in [0.15, 0.2) is 0 Å². The smallest absolute Gasteiger partial charge is 0.124 e. The maximum atomic E-state index is 13.0. The molecule has 1 atom stereocenters. The third-order valence-corrected chi connectivity index (χ3v) is 4.22. The molecule has 19 heavy (non-hydrogen) atoms. The van der Waals surface area contributed by atoms with Crippen molar-refractivity contribution in [1.82, 2.24) is 0 Å². The first-order chi connectivity index (χ1) is 8.99. The van der Waals surface area contributed by atoms with Gasteiger partial charge in [-0.15, -0.1) is 0 Å². The average molecular weight is 363 g/mol. The molecule has 0 aromatic heterocycles.